The van der Waals surface area contributed by atoms with Gasteiger partial charge in [-0.15, -0.1) is 11.3 Å². The van der Waals surface area contributed by atoms with Gasteiger partial charge in [-0.25, -0.2) is 13.1 Å². The maximum atomic E-state index is 11.6. The second-order valence-corrected chi connectivity index (χ2v) is 6.24. The Bertz CT molecular complexity index is 389. The maximum Gasteiger partial charge on any atom is 0.250 e. The van der Waals surface area contributed by atoms with Crippen molar-refractivity contribution in [3.63, 3.8) is 0 Å². The summed E-state index contributed by atoms with van der Waals surface area (Å²) in [4.78, 5) is 1.03. The van der Waals surface area contributed by atoms with Crippen molar-refractivity contribution in [3.05, 3.63) is 16.5 Å². The lowest BCUT2D eigenvalue weighted by Crippen LogP contribution is -2.28. The van der Waals surface area contributed by atoms with E-state index in [0.29, 0.717) is 10.8 Å². The summed E-state index contributed by atoms with van der Waals surface area (Å²) in [5, 5.41) is 0. The van der Waals surface area contributed by atoms with Crippen molar-refractivity contribution in [3.8, 4) is 0 Å². The largest absolute Gasteiger partial charge is 0.329 e. The van der Waals surface area contributed by atoms with E-state index in [1.54, 1.807) is 6.07 Å². The van der Waals surface area contributed by atoms with Crippen molar-refractivity contribution in [1.82, 2.24) is 4.72 Å². The third kappa shape index (κ3) is 2.54. The third-order valence-electron chi connectivity index (χ3n) is 1.84. The minimum Gasteiger partial charge on any atom is -0.329 e. The van der Waals surface area contributed by atoms with Gasteiger partial charge in [0, 0.05) is 18.0 Å². The van der Waals surface area contributed by atoms with Gasteiger partial charge in [0.15, 0.2) is 0 Å². The van der Waals surface area contributed by atoms with Gasteiger partial charge < -0.3 is 5.73 Å². The third-order valence-corrected chi connectivity index (χ3v) is 4.93. The molecule has 0 aliphatic heterocycles. The predicted molar refractivity (Wildman–Crippen MR) is 58.0 cm³/mol. The Balaban J connectivity index is 2.93. The smallest absolute Gasteiger partial charge is 0.250 e. The van der Waals surface area contributed by atoms with E-state index >= 15 is 0 Å². The summed E-state index contributed by atoms with van der Waals surface area (Å²) in [5.41, 5.74) is 6.23. The van der Waals surface area contributed by atoms with Crippen LogP contribution in [0.5, 0.6) is 0 Å². The van der Waals surface area contributed by atoms with Gasteiger partial charge in [0.25, 0.3) is 0 Å². The van der Waals surface area contributed by atoms with Crippen LogP contribution < -0.4 is 10.5 Å². The van der Waals surface area contributed by atoms with Gasteiger partial charge >= 0.3 is 0 Å². The molecule has 1 aromatic rings. The second-order valence-electron chi connectivity index (χ2n) is 2.99. The Kier molecular flexibility index (Phi) is 3.65. The molecule has 4 nitrogen and oxygen atoms in total. The molecule has 80 valence electrons. The fraction of sp³-hybridized carbons (Fsp3) is 0.500. The molecular formula is C8H14N2O2S2. The number of aryl methyl sites for hydroxylation is 2. The number of nitrogens with two attached hydrogens (primary N) is 1. The molecule has 0 aliphatic rings. The van der Waals surface area contributed by atoms with Crippen molar-refractivity contribution < 1.29 is 8.42 Å². The number of thiophene rings is 1. The number of sulfonamides is 1. The van der Waals surface area contributed by atoms with E-state index in [2.05, 4.69) is 4.72 Å². The minimum absolute atomic E-state index is 0.276. The van der Waals surface area contributed by atoms with E-state index in [-0.39, 0.29) is 6.54 Å². The van der Waals surface area contributed by atoms with E-state index in [0.717, 1.165) is 10.4 Å². The number of hydrogen-bond donors (Lipinski definition) is 2. The summed E-state index contributed by atoms with van der Waals surface area (Å²) in [6, 6.07) is 1.68. The lowest BCUT2D eigenvalue weighted by molar-refractivity contribution is 0.584. The van der Waals surface area contributed by atoms with Crippen molar-refractivity contribution in [2.24, 2.45) is 5.73 Å². The normalized spacial score (nSPS) is 11.9. The SMILES string of the molecule is Cc1cc(S(=O)(=O)NCCN)sc1C. The van der Waals surface area contributed by atoms with Crippen LogP contribution in [-0.2, 0) is 10.0 Å². The zero-order chi connectivity index (χ0) is 10.8. The molecule has 0 radical (unpaired) electrons. The lowest BCUT2D eigenvalue weighted by Gasteiger charge is -2.01. The standard InChI is InChI=1S/C8H14N2O2S2/c1-6-5-8(13-7(6)2)14(11,12)10-4-3-9/h5,10H,3-4,9H2,1-2H3. The molecular weight excluding hydrogens is 220 g/mol. The molecule has 3 N–H and O–H groups in total. The van der Waals surface area contributed by atoms with Gasteiger partial charge in [-0.05, 0) is 25.5 Å². The van der Waals surface area contributed by atoms with Gasteiger partial charge in [-0.1, -0.05) is 0 Å². The highest BCUT2D eigenvalue weighted by atomic mass is 32.2. The molecule has 0 amide bonds. The van der Waals surface area contributed by atoms with Gasteiger partial charge in [-0.3, -0.25) is 0 Å². The first-order valence-electron chi connectivity index (χ1n) is 4.24. The molecule has 1 heterocycles. The van der Waals surface area contributed by atoms with Gasteiger partial charge in [0.05, 0.1) is 0 Å². The van der Waals surface area contributed by atoms with Gasteiger partial charge in [0.2, 0.25) is 10.0 Å². The Morgan fingerprint density at radius 1 is 1.50 bits per heavy atom. The molecule has 0 atom stereocenters. The highest BCUT2D eigenvalue weighted by Crippen LogP contribution is 2.24. The first kappa shape index (κ1) is 11.6. The highest BCUT2D eigenvalue weighted by molar-refractivity contribution is 7.91. The molecule has 0 aliphatic carbocycles. The van der Waals surface area contributed by atoms with Crippen LogP contribution in [0.3, 0.4) is 0 Å². The molecule has 0 fully saturated rings. The zero-order valence-corrected chi connectivity index (χ0v) is 9.83. The number of hydrogen-bond acceptors (Lipinski definition) is 4. The molecule has 0 spiro atoms. The first-order chi connectivity index (χ1) is 6.47. The Morgan fingerprint density at radius 2 is 2.14 bits per heavy atom. The van der Waals surface area contributed by atoms with Crippen LogP contribution in [0.15, 0.2) is 10.3 Å². The Hall–Kier alpha value is -0.430. The van der Waals surface area contributed by atoms with Crippen LogP contribution in [0.2, 0.25) is 0 Å². The number of rotatable bonds is 4. The highest BCUT2D eigenvalue weighted by Gasteiger charge is 2.16. The molecule has 6 heteroatoms. The fourth-order valence-corrected chi connectivity index (χ4v) is 3.54. The Labute approximate surface area is 88.2 Å². The van der Waals surface area contributed by atoms with Crippen LogP contribution >= 0.6 is 11.3 Å². The van der Waals surface area contributed by atoms with Crippen LogP contribution in [0.4, 0.5) is 0 Å². The quantitative estimate of drug-likeness (QED) is 0.801. The van der Waals surface area contributed by atoms with Crippen LogP contribution in [-0.4, -0.2) is 21.5 Å². The van der Waals surface area contributed by atoms with Crippen molar-refractivity contribution >= 4 is 21.4 Å². The molecule has 14 heavy (non-hydrogen) atoms. The summed E-state index contributed by atoms with van der Waals surface area (Å²) >= 11 is 1.28. The van der Waals surface area contributed by atoms with Crippen molar-refractivity contribution in [2.75, 3.05) is 13.1 Å². The monoisotopic (exact) mass is 234 g/mol. The average molecular weight is 234 g/mol. The summed E-state index contributed by atoms with van der Waals surface area (Å²) in [5.74, 6) is 0. The zero-order valence-electron chi connectivity index (χ0n) is 8.20. The molecule has 0 aromatic carbocycles. The maximum absolute atomic E-state index is 11.6. The van der Waals surface area contributed by atoms with E-state index in [4.69, 9.17) is 5.73 Å². The van der Waals surface area contributed by atoms with E-state index in [9.17, 15) is 8.42 Å². The van der Waals surface area contributed by atoms with Gasteiger partial charge in [-0.2, -0.15) is 0 Å². The van der Waals surface area contributed by atoms with Crippen LogP contribution in [0, 0.1) is 13.8 Å². The van der Waals surface area contributed by atoms with E-state index in [1.807, 2.05) is 13.8 Å². The minimum atomic E-state index is -3.34. The molecule has 1 rings (SSSR count). The summed E-state index contributed by atoms with van der Waals surface area (Å²) in [6.45, 7) is 4.39. The molecule has 0 unspecified atom stereocenters. The Morgan fingerprint density at radius 3 is 2.57 bits per heavy atom. The average Bonchev–Trinajstić information content (AvgIpc) is 2.45. The molecule has 0 bridgehead atoms. The van der Waals surface area contributed by atoms with Crippen molar-refractivity contribution in [2.45, 2.75) is 18.1 Å². The topological polar surface area (TPSA) is 72.2 Å². The van der Waals surface area contributed by atoms with Gasteiger partial charge in [0.1, 0.15) is 4.21 Å². The summed E-state index contributed by atoms with van der Waals surface area (Å²) in [7, 11) is -3.34. The fourth-order valence-electron chi connectivity index (χ4n) is 0.936. The summed E-state index contributed by atoms with van der Waals surface area (Å²) < 4.78 is 26.0. The molecule has 0 saturated heterocycles. The van der Waals surface area contributed by atoms with Crippen molar-refractivity contribution in [1.29, 1.82) is 0 Å². The van der Waals surface area contributed by atoms with Crippen LogP contribution in [0.1, 0.15) is 10.4 Å². The number of nitrogens with one attached hydrogen (secondary N) is 1. The lowest BCUT2D eigenvalue weighted by atomic mass is 10.3. The molecule has 0 saturated carbocycles. The predicted octanol–water partition coefficient (Wildman–Crippen LogP) is 0.602. The first-order valence-corrected chi connectivity index (χ1v) is 6.54. The summed E-state index contributed by atoms with van der Waals surface area (Å²) in [6.07, 6.45) is 0. The molecule has 1 aromatic heterocycles. The van der Waals surface area contributed by atoms with Crippen LogP contribution in [0.25, 0.3) is 0 Å². The second kappa shape index (κ2) is 4.39. The van der Waals surface area contributed by atoms with E-state index < -0.39 is 10.0 Å². The van der Waals surface area contributed by atoms with E-state index in [1.165, 1.54) is 11.3 Å².